The third-order valence-corrected chi connectivity index (χ3v) is 6.92. The van der Waals surface area contributed by atoms with Crippen molar-refractivity contribution in [3.63, 3.8) is 0 Å². The molecular formula is C24H28Cl2N4O3. The molecule has 1 atom stereocenters. The van der Waals surface area contributed by atoms with E-state index in [-0.39, 0.29) is 12.1 Å². The molecule has 0 radical (unpaired) electrons. The molecule has 2 fully saturated rings. The summed E-state index contributed by atoms with van der Waals surface area (Å²) in [4.78, 5) is 30.1. The van der Waals surface area contributed by atoms with E-state index in [4.69, 9.17) is 23.2 Å². The van der Waals surface area contributed by atoms with Crippen LogP contribution in [0.2, 0.25) is 10.0 Å². The van der Waals surface area contributed by atoms with Gasteiger partial charge in [-0.1, -0.05) is 54.6 Å². The number of amides is 4. The first kappa shape index (κ1) is 23.7. The number of hydroxylamine groups is 2. The zero-order chi connectivity index (χ0) is 23.8. The molecule has 176 valence electrons. The molecule has 0 bridgehead atoms. The summed E-state index contributed by atoms with van der Waals surface area (Å²) in [6.07, 6.45) is 4.05. The molecule has 1 aliphatic carbocycles. The number of hydrogen-bond acceptors (Lipinski definition) is 3. The number of urea groups is 2. The van der Waals surface area contributed by atoms with Gasteiger partial charge in [0.05, 0.1) is 5.54 Å². The number of carbonyl (C=O) groups is 2. The SMILES string of the molecule is CC1(C)C(N(O)C(=O)Nc2cccc(Cl)c2)N(c2cccc(Cl)c2)C(=O)N1C1CCCCC1. The number of halogens is 2. The van der Waals surface area contributed by atoms with E-state index < -0.39 is 17.7 Å². The average Bonchev–Trinajstić information content (AvgIpc) is 2.98. The molecule has 33 heavy (non-hydrogen) atoms. The largest absolute Gasteiger partial charge is 0.347 e. The minimum absolute atomic E-state index is 0.0392. The van der Waals surface area contributed by atoms with Gasteiger partial charge in [0, 0.05) is 27.5 Å². The molecule has 4 amide bonds. The van der Waals surface area contributed by atoms with Gasteiger partial charge in [-0.25, -0.2) is 9.59 Å². The highest BCUT2D eigenvalue weighted by Crippen LogP contribution is 2.42. The molecule has 1 heterocycles. The van der Waals surface area contributed by atoms with Crippen LogP contribution in [0.4, 0.5) is 21.0 Å². The van der Waals surface area contributed by atoms with E-state index in [1.165, 1.54) is 4.90 Å². The molecule has 4 rings (SSSR count). The normalized spacial score (nSPS) is 20.8. The van der Waals surface area contributed by atoms with E-state index in [2.05, 4.69) is 5.32 Å². The van der Waals surface area contributed by atoms with Crippen molar-refractivity contribution >= 4 is 46.6 Å². The molecule has 0 spiro atoms. The first-order valence-electron chi connectivity index (χ1n) is 11.1. The molecule has 2 aromatic rings. The topological polar surface area (TPSA) is 76.1 Å². The number of carbonyl (C=O) groups excluding carboxylic acids is 2. The fraction of sp³-hybridized carbons (Fsp3) is 0.417. The summed E-state index contributed by atoms with van der Waals surface area (Å²) in [5.41, 5.74) is 0.0765. The fourth-order valence-corrected chi connectivity index (χ4v) is 5.39. The number of hydrogen-bond donors (Lipinski definition) is 2. The van der Waals surface area contributed by atoms with E-state index in [9.17, 15) is 14.8 Å². The van der Waals surface area contributed by atoms with Crippen LogP contribution in [0, 0.1) is 0 Å². The van der Waals surface area contributed by atoms with Crippen LogP contribution in [-0.2, 0) is 0 Å². The van der Waals surface area contributed by atoms with Crippen LogP contribution in [0.25, 0.3) is 0 Å². The molecule has 1 aliphatic heterocycles. The van der Waals surface area contributed by atoms with Crippen molar-refractivity contribution in [1.82, 2.24) is 9.96 Å². The van der Waals surface area contributed by atoms with Crippen molar-refractivity contribution in [2.75, 3.05) is 10.2 Å². The second kappa shape index (κ2) is 9.41. The number of benzene rings is 2. The van der Waals surface area contributed by atoms with Crippen molar-refractivity contribution in [3.8, 4) is 0 Å². The standard InChI is InChI=1S/C24H28Cl2N4O3/c1-24(2)21(30(33)22(31)27-18-10-6-8-16(25)14-18)28(20-13-7-9-17(26)15-20)23(32)29(24)19-11-4-3-5-12-19/h6-10,13-15,19,21,33H,3-5,11-12H2,1-2H3,(H,27,31). The Labute approximate surface area is 203 Å². The van der Waals surface area contributed by atoms with Gasteiger partial charge in [0.2, 0.25) is 0 Å². The molecule has 2 aromatic carbocycles. The molecule has 1 saturated carbocycles. The summed E-state index contributed by atoms with van der Waals surface area (Å²) >= 11 is 12.2. The monoisotopic (exact) mass is 490 g/mol. The predicted octanol–water partition coefficient (Wildman–Crippen LogP) is 6.60. The van der Waals surface area contributed by atoms with E-state index in [1.807, 2.05) is 18.7 Å². The molecule has 9 heteroatoms. The van der Waals surface area contributed by atoms with Crippen molar-refractivity contribution < 1.29 is 14.8 Å². The van der Waals surface area contributed by atoms with E-state index in [0.717, 1.165) is 32.1 Å². The minimum Gasteiger partial charge on any atom is -0.312 e. The Kier molecular flexibility index (Phi) is 6.75. The van der Waals surface area contributed by atoms with Crippen LogP contribution in [0.5, 0.6) is 0 Å². The van der Waals surface area contributed by atoms with Gasteiger partial charge < -0.3 is 10.2 Å². The lowest BCUT2D eigenvalue weighted by atomic mass is 9.90. The highest BCUT2D eigenvalue weighted by Gasteiger charge is 2.57. The Morgan fingerprint density at radius 1 is 1.06 bits per heavy atom. The quantitative estimate of drug-likeness (QED) is 0.374. The van der Waals surface area contributed by atoms with Gasteiger partial charge in [0.25, 0.3) is 0 Å². The summed E-state index contributed by atoms with van der Waals surface area (Å²) in [6, 6.07) is 12.5. The van der Waals surface area contributed by atoms with E-state index >= 15 is 0 Å². The van der Waals surface area contributed by atoms with E-state index in [1.54, 1.807) is 48.5 Å². The maximum atomic E-state index is 13.8. The van der Waals surface area contributed by atoms with Gasteiger partial charge in [-0.05, 0) is 63.1 Å². The molecule has 2 aliphatic rings. The first-order chi connectivity index (χ1) is 15.7. The van der Waals surface area contributed by atoms with Gasteiger partial charge >= 0.3 is 12.1 Å². The van der Waals surface area contributed by atoms with Crippen LogP contribution >= 0.6 is 23.2 Å². The van der Waals surface area contributed by atoms with Gasteiger partial charge in [-0.15, -0.1) is 0 Å². The second-order valence-corrected chi connectivity index (χ2v) is 9.98. The summed E-state index contributed by atoms with van der Waals surface area (Å²) in [5.74, 6) is 0. The fourth-order valence-electron chi connectivity index (χ4n) is 5.02. The van der Waals surface area contributed by atoms with Crippen LogP contribution in [-0.4, -0.2) is 45.0 Å². The lowest BCUT2D eigenvalue weighted by molar-refractivity contribution is -0.0986. The van der Waals surface area contributed by atoms with Crippen LogP contribution in [0.15, 0.2) is 48.5 Å². The van der Waals surface area contributed by atoms with Crippen molar-refractivity contribution in [3.05, 3.63) is 58.6 Å². The Hall–Kier alpha value is -2.48. The molecule has 2 N–H and O–H groups in total. The Bertz CT molecular complexity index is 1040. The number of nitrogens with one attached hydrogen (secondary N) is 1. The highest BCUT2D eigenvalue weighted by molar-refractivity contribution is 6.31. The molecular weight excluding hydrogens is 463 g/mol. The van der Waals surface area contributed by atoms with E-state index in [0.29, 0.717) is 26.5 Å². The lowest BCUT2D eigenvalue weighted by Crippen LogP contribution is -2.59. The maximum absolute atomic E-state index is 13.8. The van der Waals surface area contributed by atoms with Gasteiger partial charge in [-0.2, -0.15) is 5.06 Å². The number of nitrogens with zero attached hydrogens (tertiary/aromatic N) is 3. The summed E-state index contributed by atoms with van der Waals surface area (Å²) in [5, 5.41) is 15.3. The third-order valence-electron chi connectivity index (χ3n) is 6.45. The maximum Gasteiger partial charge on any atom is 0.347 e. The highest BCUT2D eigenvalue weighted by atomic mass is 35.5. The zero-order valence-electron chi connectivity index (χ0n) is 18.7. The molecule has 0 aromatic heterocycles. The van der Waals surface area contributed by atoms with Crippen LogP contribution in [0.3, 0.4) is 0 Å². The summed E-state index contributed by atoms with van der Waals surface area (Å²) < 4.78 is 0. The predicted molar refractivity (Wildman–Crippen MR) is 130 cm³/mol. The van der Waals surface area contributed by atoms with Crippen molar-refractivity contribution in [2.24, 2.45) is 0 Å². The number of anilines is 2. The molecule has 1 unspecified atom stereocenters. The van der Waals surface area contributed by atoms with Crippen LogP contribution < -0.4 is 10.2 Å². The van der Waals surface area contributed by atoms with Gasteiger partial charge in [0.15, 0.2) is 6.17 Å². The van der Waals surface area contributed by atoms with Crippen molar-refractivity contribution in [2.45, 2.75) is 63.7 Å². The Morgan fingerprint density at radius 2 is 1.70 bits per heavy atom. The smallest absolute Gasteiger partial charge is 0.312 e. The Balaban J connectivity index is 1.71. The summed E-state index contributed by atoms with van der Waals surface area (Å²) in [6.45, 7) is 3.76. The lowest BCUT2D eigenvalue weighted by Gasteiger charge is -2.42. The zero-order valence-corrected chi connectivity index (χ0v) is 20.2. The first-order valence-corrected chi connectivity index (χ1v) is 11.9. The van der Waals surface area contributed by atoms with Gasteiger partial charge in [0.1, 0.15) is 0 Å². The third kappa shape index (κ3) is 4.63. The Morgan fingerprint density at radius 3 is 2.33 bits per heavy atom. The molecule has 1 saturated heterocycles. The van der Waals surface area contributed by atoms with Crippen LogP contribution in [0.1, 0.15) is 46.0 Å². The number of rotatable bonds is 4. The second-order valence-electron chi connectivity index (χ2n) is 9.11. The molecule has 7 nitrogen and oxygen atoms in total. The van der Waals surface area contributed by atoms with Crippen molar-refractivity contribution in [1.29, 1.82) is 0 Å². The summed E-state index contributed by atoms with van der Waals surface area (Å²) in [7, 11) is 0. The minimum atomic E-state index is -0.982. The average molecular weight is 491 g/mol. The van der Waals surface area contributed by atoms with Gasteiger partial charge in [-0.3, -0.25) is 10.1 Å².